The molecule has 1 fully saturated rings. The molecule has 1 aliphatic heterocycles. The Balaban J connectivity index is 2.05. The molecule has 0 bridgehead atoms. The van der Waals surface area contributed by atoms with Crippen molar-refractivity contribution < 1.29 is 4.74 Å². The van der Waals surface area contributed by atoms with Gasteiger partial charge in [0, 0.05) is 16.3 Å². The highest BCUT2D eigenvalue weighted by molar-refractivity contribution is 9.09. The van der Waals surface area contributed by atoms with E-state index in [1.807, 2.05) is 0 Å². The number of ether oxygens (including phenoxy) is 1. The van der Waals surface area contributed by atoms with Gasteiger partial charge in [0.25, 0.3) is 0 Å². The van der Waals surface area contributed by atoms with Gasteiger partial charge in [-0.2, -0.15) is 0 Å². The molecule has 74 valence electrons. The maximum absolute atomic E-state index is 5.68. The molecule has 1 heterocycles. The minimum atomic E-state index is 0.457. The Kier molecular flexibility index (Phi) is 1.88. The third kappa shape index (κ3) is 1.07. The first-order chi connectivity index (χ1) is 6.87. The second-order valence-corrected chi connectivity index (χ2v) is 4.95. The Hall–Kier alpha value is -0.500. The highest BCUT2D eigenvalue weighted by atomic mass is 79.9. The summed E-state index contributed by atoms with van der Waals surface area (Å²) in [5.74, 6) is 1.94. The minimum Gasteiger partial charge on any atom is -0.493 e. The zero-order valence-corrected chi connectivity index (χ0v) is 9.59. The van der Waals surface area contributed by atoms with Gasteiger partial charge in [0.15, 0.2) is 0 Å². The van der Waals surface area contributed by atoms with Gasteiger partial charge in [-0.05, 0) is 24.8 Å². The quantitative estimate of drug-likeness (QED) is 0.699. The molecular weight excluding hydrogens is 240 g/mol. The Bertz CT molecular complexity index is 363. The van der Waals surface area contributed by atoms with Crippen LogP contribution in [0.4, 0.5) is 0 Å². The number of para-hydroxylation sites is 1. The molecule has 2 atom stereocenters. The molecule has 0 N–H and O–H groups in total. The second kappa shape index (κ2) is 2.99. The molecule has 2 heteroatoms. The molecule has 1 aromatic rings. The van der Waals surface area contributed by atoms with Crippen LogP contribution in [0.25, 0.3) is 0 Å². The lowest BCUT2D eigenvalue weighted by atomic mass is 9.88. The van der Waals surface area contributed by atoms with Crippen molar-refractivity contribution in [3.05, 3.63) is 29.8 Å². The van der Waals surface area contributed by atoms with Crippen molar-refractivity contribution in [1.82, 2.24) is 0 Å². The van der Waals surface area contributed by atoms with E-state index in [-0.39, 0.29) is 0 Å². The maximum Gasteiger partial charge on any atom is 0.123 e. The zero-order chi connectivity index (χ0) is 9.60. The van der Waals surface area contributed by atoms with Gasteiger partial charge in [-0.15, -0.1) is 0 Å². The van der Waals surface area contributed by atoms with Crippen LogP contribution in [0.2, 0.25) is 0 Å². The summed E-state index contributed by atoms with van der Waals surface area (Å²) >= 11 is 3.60. The van der Waals surface area contributed by atoms with Crippen molar-refractivity contribution >= 4 is 15.9 Å². The van der Waals surface area contributed by atoms with Crippen molar-refractivity contribution in [2.45, 2.75) is 18.3 Å². The lowest BCUT2D eigenvalue weighted by Crippen LogP contribution is -2.22. The highest BCUT2D eigenvalue weighted by Crippen LogP contribution is 2.60. The molecule has 1 aliphatic carbocycles. The third-order valence-corrected chi connectivity index (χ3v) is 4.43. The molecule has 1 nitrogen and oxygen atoms in total. The van der Waals surface area contributed by atoms with Gasteiger partial charge in [0.05, 0.1) is 6.61 Å². The molecule has 2 unspecified atom stereocenters. The fourth-order valence-corrected chi connectivity index (χ4v) is 3.55. The van der Waals surface area contributed by atoms with Gasteiger partial charge >= 0.3 is 0 Å². The summed E-state index contributed by atoms with van der Waals surface area (Å²) in [6, 6.07) is 8.51. The molecule has 1 spiro atoms. The van der Waals surface area contributed by atoms with E-state index in [4.69, 9.17) is 4.74 Å². The molecule has 0 aromatic heterocycles. The number of hydrogen-bond acceptors (Lipinski definition) is 1. The van der Waals surface area contributed by atoms with E-state index < -0.39 is 0 Å². The van der Waals surface area contributed by atoms with Gasteiger partial charge in [-0.3, -0.25) is 0 Å². The number of alkyl halides is 1. The van der Waals surface area contributed by atoms with Crippen molar-refractivity contribution in [3.8, 4) is 5.75 Å². The minimum absolute atomic E-state index is 0.457. The SMILES string of the molecule is BrCC1CC12CCOc1ccccc12. The van der Waals surface area contributed by atoms with Crippen LogP contribution >= 0.6 is 15.9 Å². The van der Waals surface area contributed by atoms with Crippen LogP contribution in [0, 0.1) is 5.92 Å². The predicted octanol–water partition coefficient (Wildman–Crippen LogP) is 3.12. The number of benzene rings is 1. The average Bonchev–Trinajstić information content (AvgIpc) is 2.94. The molecule has 0 radical (unpaired) electrons. The van der Waals surface area contributed by atoms with Crippen molar-refractivity contribution in [2.24, 2.45) is 5.92 Å². The van der Waals surface area contributed by atoms with Gasteiger partial charge in [0.1, 0.15) is 5.75 Å². The van der Waals surface area contributed by atoms with E-state index in [1.54, 1.807) is 0 Å². The molecule has 1 saturated carbocycles. The fourth-order valence-electron chi connectivity index (χ4n) is 2.70. The molecule has 3 rings (SSSR count). The predicted molar refractivity (Wildman–Crippen MR) is 60.1 cm³/mol. The number of hydrogen-bond donors (Lipinski definition) is 0. The van der Waals surface area contributed by atoms with Crippen LogP contribution < -0.4 is 4.74 Å². The second-order valence-electron chi connectivity index (χ2n) is 4.31. The zero-order valence-electron chi connectivity index (χ0n) is 8.00. The molecular formula is C12H13BrO. The summed E-state index contributed by atoms with van der Waals surface area (Å²) in [6.45, 7) is 0.889. The van der Waals surface area contributed by atoms with E-state index in [0.29, 0.717) is 5.41 Å². The first kappa shape index (κ1) is 8.78. The van der Waals surface area contributed by atoms with Gasteiger partial charge in [0.2, 0.25) is 0 Å². The molecule has 0 saturated heterocycles. The summed E-state index contributed by atoms with van der Waals surface area (Å²) in [5, 5.41) is 1.13. The largest absolute Gasteiger partial charge is 0.493 e. The van der Waals surface area contributed by atoms with E-state index in [1.165, 1.54) is 18.4 Å². The third-order valence-electron chi connectivity index (χ3n) is 3.65. The summed E-state index contributed by atoms with van der Waals surface area (Å²) in [7, 11) is 0. The molecule has 1 aromatic carbocycles. The Morgan fingerprint density at radius 2 is 2.29 bits per heavy atom. The number of halogens is 1. The monoisotopic (exact) mass is 252 g/mol. The first-order valence-corrected chi connectivity index (χ1v) is 6.27. The Labute approximate surface area is 92.6 Å². The molecule has 14 heavy (non-hydrogen) atoms. The normalized spacial score (nSPS) is 33.6. The molecule has 2 aliphatic rings. The lowest BCUT2D eigenvalue weighted by molar-refractivity contribution is 0.255. The van der Waals surface area contributed by atoms with Crippen molar-refractivity contribution in [3.63, 3.8) is 0 Å². The van der Waals surface area contributed by atoms with Crippen LogP contribution in [-0.2, 0) is 5.41 Å². The highest BCUT2D eigenvalue weighted by Gasteiger charge is 2.56. The van der Waals surface area contributed by atoms with E-state index in [9.17, 15) is 0 Å². The first-order valence-electron chi connectivity index (χ1n) is 5.15. The van der Waals surface area contributed by atoms with Crippen LogP contribution in [0.5, 0.6) is 5.75 Å². The van der Waals surface area contributed by atoms with Crippen LogP contribution in [0.3, 0.4) is 0 Å². The molecule has 0 amide bonds. The van der Waals surface area contributed by atoms with E-state index in [2.05, 4.69) is 40.2 Å². The van der Waals surface area contributed by atoms with E-state index in [0.717, 1.165) is 23.6 Å². The lowest BCUT2D eigenvalue weighted by Gasteiger charge is -2.26. The van der Waals surface area contributed by atoms with Gasteiger partial charge in [-0.25, -0.2) is 0 Å². The summed E-state index contributed by atoms with van der Waals surface area (Å²) < 4.78 is 5.68. The standard InChI is InChI=1S/C12H13BrO/c13-8-9-7-12(9)5-6-14-11-4-2-1-3-10(11)12/h1-4,9H,5-8H2. The Morgan fingerprint density at radius 3 is 3.07 bits per heavy atom. The van der Waals surface area contributed by atoms with E-state index >= 15 is 0 Å². The van der Waals surface area contributed by atoms with Crippen LogP contribution in [-0.4, -0.2) is 11.9 Å². The van der Waals surface area contributed by atoms with Crippen LogP contribution in [0.15, 0.2) is 24.3 Å². The number of rotatable bonds is 1. The van der Waals surface area contributed by atoms with Gasteiger partial charge < -0.3 is 4.74 Å². The topological polar surface area (TPSA) is 9.23 Å². The van der Waals surface area contributed by atoms with Crippen molar-refractivity contribution in [2.75, 3.05) is 11.9 Å². The van der Waals surface area contributed by atoms with Crippen molar-refractivity contribution in [1.29, 1.82) is 0 Å². The van der Waals surface area contributed by atoms with Gasteiger partial charge in [-0.1, -0.05) is 34.1 Å². The van der Waals surface area contributed by atoms with Crippen LogP contribution in [0.1, 0.15) is 18.4 Å². The Morgan fingerprint density at radius 1 is 1.43 bits per heavy atom. The number of fused-ring (bicyclic) bond motifs is 2. The summed E-state index contributed by atoms with van der Waals surface area (Å²) in [4.78, 5) is 0. The summed E-state index contributed by atoms with van der Waals surface area (Å²) in [5.41, 5.74) is 1.90. The average molecular weight is 253 g/mol. The fraction of sp³-hybridized carbons (Fsp3) is 0.500. The maximum atomic E-state index is 5.68. The summed E-state index contributed by atoms with van der Waals surface area (Å²) in [6.07, 6.45) is 2.53. The smallest absolute Gasteiger partial charge is 0.123 e.